The van der Waals surface area contributed by atoms with E-state index in [2.05, 4.69) is 5.32 Å². The summed E-state index contributed by atoms with van der Waals surface area (Å²) in [4.78, 5) is 22.9. The summed E-state index contributed by atoms with van der Waals surface area (Å²) in [6, 6.07) is 9.80. The molecule has 2 aromatic carbocycles. The zero-order valence-electron chi connectivity index (χ0n) is 12.7. The van der Waals surface area contributed by atoms with Gasteiger partial charge < -0.3 is 10.1 Å². The van der Waals surface area contributed by atoms with E-state index in [1.54, 1.807) is 0 Å². The molecule has 0 radical (unpaired) electrons. The van der Waals surface area contributed by atoms with Crippen molar-refractivity contribution >= 4 is 11.6 Å². The number of amides is 1. The molecule has 2 aromatic rings. The third kappa shape index (κ3) is 3.19. The number of nitro benzene ring substituents is 1. The Labute approximate surface area is 137 Å². The van der Waals surface area contributed by atoms with E-state index < -0.39 is 22.3 Å². The number of rotatable bonds is 3. The molecule has 0 aromatic heterocycles. The Balaban J connectivity index is 1.90. The van der Waals surface area contributed by atoms with Crippen molar-refractivity contribution in [2.24, 2.45) is 0 Å². The number of nitro groups is 1. The van der Waals surface area contributed by atoms with E-state index >= 15 is 0 Å². The molecule has 0 unspecified atom stereocenters. The van der Waals surface area contributed by atoms with Gasteiger partial charge in [-0.3, -0.25) is 14.9 Å². The number of hydrogen-bond donors (Lipinski definition) is 1. The summed E-state index contributed by atoms with van der Waals surface area (Å²) in [6.07, 6.45) is 1.36. The maximum atomic E-state index is 13.4. The second-order valence-electron chi connectivity index (χ2n) is 5.47. The Morgan fingerprint density at radius 1 is 1.29 bits per heavy atom. The maximum Gasteiger partial charge on any atom is 0.282 e. The van der Waals surface area contributed by atoms with Crippen LogP contribution in [0.25, 0.3) is 0 Å². The minimum absolute atomic E-state index is 0.289. The number of carbonyl (C=O) groups excluding carboxylic acids is 1. The highest BCUT2D eigenvalue weighted by molar-refractivity contribution is 5.98. The fourth-order valence-corrected chi connectivity index (χ4v) is 2.76. The summed E-state index contributed by atoms with van der Waals surface area (Å²) >= 11 is 0. The number of halogens is 1. The molecule has 1 amide bonds. The van der Waals surface area contributed by atoms with Gasteiger partial charge in [0.1, 0.15) is 17.1 Å². The molecule has 0 saturated heterocycles. The fourth-order valence-electron chi connectivity index (χ4n) is 2.76. The van der Waals surface area contributed by atoms with E-state index in [1.165, 1.54) is 0 Å². The van der Waals surface area contributed by atoms with Crippen molar-refractivity contribution in [2.45, 2.75) is 18.9 Å². The number of para-hydroxylation sites is 1. The van der Waals surface area contributed by atoms with Gasteiger partial charge in [-0.15, -0.1) is 0 Å². The first-order valence-electron chi connectivity index (χ1n) is 7.53. The molecular formula is C17H15FN2O4. The van der Waals surface area contributed by atoms with Crippen LogP contribution in [-0.2, 0) is 0 Å². The Morgan fingerprint density at radius 2 is 2.08 bits per heavy atom. The number of ether oxygens (including phenoxy) is 1. The summed E-state index contributed by atoms with van der Waals surface area (Å²) in [6.45, 7) is 0.531. The fraction of sp³-hybridized carbons (Fsp3) is 0.235. The Hall–Kier alpha value is -2.96. The number of carbonyl (C=O) groups is 1. The number of nitrogens with zero attached hydrogens (tertiary/aromatic N) is 1. The van der Waals surface area contributed by atoms with Crippen LogP contribution in [0.1, 0.15) is 34.8 Å². The van der Waals surface area contributed by atoms with Crippen molar-refractivity contribution in [1.29, 1.82) is 0 Å². The van der Waals surface area contributed by atoms with Gasteiger partial charge in [0.25, 0.3) is 11.6 Å². The molecule has 0 fully saturated rings. The minimum Gasteiger partial charge on any atom is -0.493 e. The lowest BCUT2D eigenvalue weighted by atomic mass is 10.0. The molecule has 0 bridgehead atoms. The molecule has 0 spiro atoms. The zero-order valence-corrected chi connectivity index (χ0v) is 12.7. The third-order valence-electron chi connectivity index (χ3n) is 3.89. The van der Waals surface area contributed by atoms with Gasteiger partial charge in [0.15, 0.2) is 0 Å². The molecule has 3 rings (SSSR count). The van der Waals surface area contributed by atoms with Crippen molar-refractivity contribution in [3.8, 4) is 5.75 Å². The topological polar surface area (TPSA) is 81.5 Å². The zero-order chi connectivity index (χ0) is 17.1. The molecule has 1 heterocycles. The van der Waals surface area contributed by atoms with Gasteiger partial charge in [0.05, 0.1) is 17.6 Å². The molecule has 1 aliphatic rings. The van der Waals surface area contributed by atoms with E-state index in [4.69, 9.17) is 4.74 Å². The molecule has 24 heavy (non-hydrogen) atoms. The number of hydrogen-bond acceptors (Lipinski definition) is 4. The molecule has 0 aliphatic carbocycles. The van der Waals surface area contributed by atoms with Gasteiger partial charge in [-0.25, -0.2) is 4.39 Å². The van der Waals surface area contributed by atoms with Crippen LogP contribution in [0.3, 0.4) is 0 Å². The number of nitrogens with one attached hydrogen (secondary N) is 1. The Kier molecular flexibility index (Phi) is 4.41. The Morgan fingerprint density at radius 3 is 2.88 bits per heavy atom. The van der Waals surface area contributed by atoms with Crippen molar-refractivity contribution in [2.75, 3.05) is 6.61 Å². The van der Waals surface area contributed by atoms with Crippen molar-refractivity contribution in [1.82, 2.24) is 5.32 Å². The number of benzene rings is 2. The first kappa shape index (κ1) is 15.9. The monoisotopic (exact) mass is 330 g/mol. The van der Waals surface area contributed by atoms with Crippen LogP contribution in [0.2, 0.25) is 0 Å². The van der Waals surface area contributed by atoms with Gasteiger partial charge in [-0.05, 0) is 31.0 Å². The number of fused-ring (bicyclic) bond motifs is 1. The highest BCUT2D eigenvalue weighted by Crippen LogP contribution is 2.31. The van der Waals surface area contributed by atoms with Gasteiger partial charge in [-0.1, -0.05) is 18.2 Å². The molecular weight excluding hydrogens is 315 g/mol. The summed E-state index contributed by atoms with van der Waals surface area (Å²) in [5, 5.41) is 13.8. The third-order valence-corrected chi connectivity index (χ3v) is 3.89. The predicted octanol–water partition coefficient (Wildman–Crippen LogP) is 3.38. The average Bonchev–Trinajstić information content (AvgIpc) is 2.77. The van der Waals surface area contributed by atoms with E-state index in [0.29, 0.717) is 18.8 Å². The van der Waals surface area contributed by atoms with Gasteiger partial charge in [-0.2, -0.15) is 0 Å². The standard InChI is InChI=1S/C17H15FN2O4/c18-11-7-8-15(20(22)23)13(10-11)17(21)19-14-5-3-9-24-16-6-2-1-4-12(14)16/h1-2,4,6-8,10,14H,3,5,9H2,(H,19,21)/t14-/m0/s1. The van der Waals surface area contributed by atoms with Crippen LogP contribution in [0, 0.1) is 15.9 Å². The molecule has 124 valence electrons. The summed E-state index contributed by atoms with van der Waals surface area (Å²) in [5.74, 6) is -0.702. The minimum atomic E-state index is -0.699. The van der Waals surface area contributed by atoms with Crippen molar-refractivity contribution < 1.29 is 18.8 Å². The Bertz CT molecular complexity index is 794. The van der Waals surface area contributed by atoms with E-state index in [-0.39, 0.29) is 11.6 Å². The predicted molar refractivity (Wildman–Crippen MR) is 84.4 cm³/mol. The van der Waals surface area contributed by atoms with E-state index in [9.17, 15) is 19.3 Å². The highest BCUT2D eigenvalue weighted by atomic mass is 19.1. The molecule has 7 heteroatoms. The van der Waals surface area contributed by atoms with E-state index in [0.717, 1.165) is 30.2 Å². The second-order valence-corrected chi connectivity index (χ2v) is 5.47. The van der Waals surface area contributed by atoms with Crippen molar-refractivity contribution in [3.63, 3.8) is 0 Å². The highest BCUT2D eigenvalue weighted by Gasteiger charge is 2.26. The van der Waals surface area contributed by atoms with E-state index in [1.807, 2.05) is 24.3 Å². The molecule has 1 aliphatic heterocycles. The average molecular weight is 330 g/mol. The first-order valence-corrected chi connectivity index (χ1v) is 7.53. The molecule has 1 atom stereocenters. The lowest BCUT2D eigenvalue weighted by Crippen LogP contribution is -2.29. The smallest absolute Gasteiger partial charge is 0.282 e. The van der Waals surface area contributed by atoms with Crippen LogP contribution in [0.15, 0.2) is 42.5 Å². The van der Waals surface area contributed by atoms with Gasteiger partial charge >= 0.3 is 0 Å². The largest absolute Gasteiger partial charge is 0.493 e. The van der Waals surface area contributed by atoms with Crippen LogP contribution in [-0.4, -0.2) is 17.4 Å². The lowest BCUT2D eigenvalue weighted by Gasteiger charge is -2.18. The van der Waals surface area contributed by atoms with Crippen LogP contribution in [0.5, 0.6) is 5.75 Å². The van der Waals surface area contributed by atoms with Crippen molar-refractivity contribution in [3.05, 3.63) is 69.5 Å². The van der Waals surface area contributed by atoms with Crippen LogP contribution in [0.4, 0.5) is 10.1 Å². The van der Waals surface area contributed by atoms with Gasteiger partial charge in [0, 0.05) is 11.6 Å². The quantitative estimate of drug-likeness (QED) is 0.691. The SMILES string of the molecule is O=C(N[C@H]1CCCOc2ccccc21)c1cc(F)ccc1[N+](=O)[O-]. The normalized spacial score (nSPS) is 16.5. The lowest BCUT2D eigenvalue weighted by molar-refractivity contribution is -0.385. The van der Waals surface area contributed by atoms with Gasteiger partial charge in [0.2, 0.25) is 0 Å². The summed E-state index contributed by atoms with van der Waals surface area (Å²) in [5.41, 5.74) is 0.0945. The van der Waals surface area contributed by atoms with Crippen LogP contribution < -0.4 is 10.1 Å². The second kappa shape index (κ2) is 6.66. The first-order chi connectivity index (χ1) is 11.6. The molecule has 1 N–H and O–H groups in total. The summed E-state index contributed by atoms with van der Waals surface area (Å²) < 4.78 is 19.1. The molecule has 0 saturated carbocycles. The molecule has 6 nitrogen and oxygen atoms in total. The van der Waals surface area contributed by atoms with Crippen LogP contribution >= 0.6 is 0 Å². The summed E-state index contributed by atoms with van der Waals surface area (Å²) in [7, 11) is 0. The maximum absolute atomic E-state index is 13.4.